The second-order valence-electron chi connectivity index (χ2n) is 5.99. The number of aromatic nitrogens is 3. The lowest BCUT2D eigenvalue weighted by Crippen LogP contribution is -2.21. The molecule has 0 radical (unpaired) electrons. The maximum atomic E-state index is 11.8. The predicted octanol–water partition coefficient (Wildman–Crippen LogP) is 3.36. The summed E-state index contributed by atoms with van der Waals surface area (Å²) in [4.78, 5) is 16.4. The number of nitrogens with one attached hydrogen (secondary N) is 1. The van der Waals surface area contributed by atoms with Crippen LogP contribution < -0.4 is 10.9 Å². The van der Waals surface area contributed by atoms with Crippen LogP contribution in [0.1, 0.15) is 44.4 Å². The topological polar surface area (TPSA) is 59.8 Å². The largest absolute Gasteiger partial charge is 0.373 e. The van der Waals surface area contributed by atoms with Crippen LogP contribution in [0.4, 0.5) is 5.69 Å². The number of hydrogen-bond donors (Lipinski definition) is 1. The fourth-order valence-corrected chi connectivity index (χ4v) is 3.02. The molecule has 0 saturated carbocycles. The Kier molecular flexibility index (Phi) is 4.39. The van der Waals surface area contributed by atoms with Crippen molar-refractivity contribution in [1.82, 2.24) is 14.8 Å². The summed E-state index contributed by atoms with van der Waals surface area (Å²) in [5.74, 6) is 0. The van der Waals surface area contributed by atoms with Crippen LogP contribution in [-0.4, -0.2) is 14.8 Å². The lowest BCUT2D eigenvalue weighted by molar-refractivity contribution is 0.569. The minimum absolute atomic E-state index is 0.0242. The third-order valence-electron chi connectivity index (χ3n) is 3.11. The SMILES string of the molecule is CC(Nc1cnn(C)c(=O)c1Cl)c1nc(C(C)(C)C)cs1. The van der Waals surface area contributed by atoms with Crippen molar-refractivity contribution in [3.8, 4) is 0 Å². The molecule has 2 rings (SSSR count). The van der Waals surface area contributed by atoms with Gasteiger partial charge in [-0.05, 0) is 6.92 Å². The van der Waals surface area contributed by atoms with E-state index in [-0.39, 0.29) is 22.0 Å². The summed E-state index contributed by atoms with van der Waals surface area (Å²) in [6.07, 6.45) is 1.55. The van der Waals surface area contributed by atoms with Crippen LogP contribution in [-0.2, 0) is 12.5 Å². The van der Waals surface area contributed by atoms with Gasteiger partial charge in [0.25, 0.3) is 5.56 Å². The summed E-state index contributed by atoms with van der Waals surface area (Å²) in [5.41, 5.74) is 1.30. The van der Waals surface area contributed by atoms with E-state index in [2.05, 4.69) is 41.6 Å². The van der Waals surface area contributed by atoms with E-state index < -0.39 is 0 Å². The third kappa shape index (κ3) is 3.44. The summed E-state index contributed by atoms with van der Waals surface area (Å²) >= 11 is 7.65. The molecule has 1 unspecified atom stereocenters. The highest BCUT2D eigenvalue weighted by Crippen LogP contribution is 2.29. The highest BCUT2D eigenvalue weighted by molar-refractivity contribution is 7.09. The summed E-state index contributed by atoms with van der Waals surface area (Å²) in [5, 5.41) is 10.3. The van der Waals surface area contributed by atoms with Crippen molar-refractivity contribution in [3.05, 3.63) is 37.7 Å². The normalized spacial score (nSPS) is 13.2. The van der Waals surface area contributed by atoms with Gasteiger partial charge in [-0.25, -0.2) is 9.67 Å². The van der Waals surface area contributed by atoms with Crippen LogP contribution in [0, 0.1) is 0 Å². The van der Waals surface area contributed by atoms with Gasteiger partial charge in [0.05, 0.1) is 23.6 Å². The molecule has 2 aromatic heterocycles. The number of rotatable bonds is 3. The van der Waals surface area contributed by atoms with Crippen molar-refractivity contribution in [3.63, 3.8) is 0 Å². The van der Waals surface area contributed by atoms with Crippen LogP contribution in [0.15, 0.2) is 16.4 Å². The van der Waals surface area contributed by atoms with E-state index in [1.54, 1.807) is 24.6 Å². The molecule has 0 amide bonds. The van der Waals surface area contributed by atoms with Crippen molar-refractivity contribution in [2.75, 3.05) is 5.32 Å². The average molecular weight is 327 g/mol. The number of halogens is 1. The lowest BCUT2D eigenvalue weighted by atomic mass is 9.93. The molecule has 0 spiro atoms. The molecule has 0 bridgehead atoms. The molecular weight excluding hydrogens is 308 g/mol. The molecule has 0 aromatic carbocycles. The third-order valence-corrected chi connectivity index (χ3v) is 4.50. The molecule has 5 nitrogen and oxygen atoms in total. The first kappa shape index (κ1) is 16.0. The Morgan fingerprint density at radius 3 is 2.67 bits per heavy atom. The zero-order valence-corrected chi connectivity index (χ0v) is 14.3. The van der Waals surface area contributed by atoms with Gasteiger partial charge >= 0.3 is 0 Å². The number of hydrogen-bond acceptors (Lipinski definition) is 5. The number of anilines is 1. The number of aryl methyl sites for hydroxylation is 1. The number of nitrogens with zero attached hydrogens (tertiary/aromatic N) is 3. The van der Waals surface area contributed by atoms with Gasteiger partial charge in [-0.1, -0.05) is 32.4 Å². The fraction of sp³-hybridized carbons (Fsp3) is 0.500. The highest BCUT2D eigenvalue weighted by Gasteiger charge is 2.20. The van der Waals surface area contributed by atoms with E-state index in [1.165, 1.54) is 4.68 Å². The van der Waals surface area contributed by atoms with Crippen molar-refractivity contribution in [2.45, 2.75) is 39.2 Å². The first-order valence-electron chi connectivity index (χ1n) is 6.64. The van der Waals surface area contributed by atoms with Crippen LogP contribution in [0.3, 0.4) is 0 Å². The highest BCUT2D eigenvalue weighted by atomic mass is 35.5. The quantitative estimate of drug-likeness (QED) is 0.939. The van der Waals surface area contributed by atoms with Crippen molar-refractivity contribution >= 4 is 28.6 Å². The minimum Gasteiger partial charge on any atom is -0.373 e. The molecule has 2 heterocycles. The van der Waals surface area contributed by atoms with Crippen LogP contribution in [0.25, 0.3) is 0 Å². The monoisotopic (exact) mass is 326 g/mol. The zero-order chi connectivity index (χ0) is 15.8. The second kappa shape index (κ2) is 5.77. The Morgan fingerprint density at radius 2 is 2.10 bits per heavy atom. The van der Waals surface area contributed by atoms with Gasteiger partial charge in [0.2, 0.25) is 0 Å². The average Bonchev–Trinajstić information content (AvgIpc) is 2.89. The second-order valence-corrected chi connectivity index (χ2v) is 7.26. The van der Waals surface area contributed by atoms with E-state index in [9.17, 15) is 4.79 Å². The summed E-state index contributed by atoms with van der Waals surface area (Å²) in [6, 6.07) is -0.0440. The molecule has 2 aromatic rings. The van der Waals surface area contributed by atoms with E-state index in [0.29, 0.717) is 5.69 Å². The van der Waals surface area contributed by atoms with Crippen LogP contribution in [0.5, 0.6) is 0 Å². The van der Waals surface area contributed by atoms with Crippen LogP contribution in [0.2, 0.25) is 5.02 Å². The Hall–Kier alpha value is -1.40. The first-order chi connectivity index (χ1) is 9.70. The Bertz CT molecular complexity index is 702. The lowest BCUT2D eigenvalue weighted by Gasteiger charge is -2.16. The smallest absolute Gasteiger partial charge is 0.287 e. The Morgan fingerprint density at radius 1 is 1.43 bits per heavy atom. The molecule has 114 valence electrons. The van der Waals surface area contributed by atoms with E-state index in [0.717, 1.165) is 10.7 Å². The van der Waals surface area contributed by atoms with Crippen molar-refractivity contribution in [1.29, 1.82) is 0 Å². The van der Waals surface area contributed by atoms with E-state index in [4.69, 9.17) is 11.6 Å². The molecule has 1 N–H and O–H groups in total. The number of thiazole rings is 1. The molecule has 1 atom stereocenters. The van der Waals surface area contributed by atoms with Crippen molar-refractivity contribution < 1.29 is 0 Å². The van der Waals surface area contributed by atoms with Gasteiger partial charge in [0.1, 0.15) is 10.0 Å². The van der Waals surface area contributed by atoms with Gasteiger partial charge in [-0.2, -0.15) is 5.10 Å². The summed E-state index contributed by atoms with van der Waals surface area (Å²) in [6.45, 7) is 8.38. The molecule has 7 heteroatoms. The summed E-state index contributed by atoms with van der Waals surface area (Å²) in [7, 11) is 1.57. The molecule has 0 saturated heterocycles. The maximum Gasteiger partial charge on any atom is 0.287 e. The maximum absolute atomic E-state index is 11.8. The molecule has 0 aliphatic carbocycles. The van der Waals surface area contributed by atoms with E-state index >= 15 is 0 Å². The molecule has 0 aliphatic rings. The molecule has 0 aliphatic heterocycles. The first-order valence-corrected chi connectivity index (χ1v) is 7.90. The minimum atomic E-state index is -0.316. The van der Waals surface area contributed by atoms with Gasteiger partial charge in [-0.15, -0.1) is 11.3 Å². The van der Waals surface area contributed by atoms with Gasteiger partial charge in [0, 0.05) is 17.8 Å². The van der Waals surface area contributed by atoms with Gasteiger partial charge < -0.3 is 5.32 Å². The molecule has 0 fully saturated rings. The summed E-state index contributed by atoms with van der Waals surface area (Å²) < 4.78 is 1.21. The fourth-order valence-electron chi connectivity index (χ4n) is 1.74. The van der Waals surface area contributed by atoms with E-state index in [1.807, 2.05) is 6.92 Å². The molecular formula is C14H19ClN4OS. The van der Waals surface area contributed by atoms with Crippen molar-refractivity contribution in [2.24, 2.45) is 7.05 Å². The van der Waals surface area contributed by atoms with Crippen LogP contribution >= 0.6 is 22.9 Å². The predicted molar refractivity (Wildman–Crippen MR) is 87.3 cm³/mol. The Labute approximate surface area is 133 Å². The molecule has 21 heavy (non-hydrogen) atoms. The zero-order valence-electron chi connectivity index (χ0n) is 12.8. The standard InChI is InChI=1S/C14H19ClN4OS/c1-8(12-18-10(7-21-12)14(2,3)4)17-9-6-16-19(5)13(20)11(9)15/h6-8,17H,1-5H3. The van der Waals surface area contributed by atoms with Gasteiger partial charge in [-0.3, -0.25) is 4.79 Å². The Balaban J connectivity index is 2.23. The van der Waals surface area contributed by atoms with Gasteiger partial charge in [0.15, 0.2) is 0 Å².